The molecule has 23 heavy (non-hydrogen) atoms. The second-order valence-corrected chi connectivity index (χ2v) is 5.07. The first kappa shape index (κ1) is 16.4. The Hall–Kier alpha value is -3.02. The Labute approximate surface area is 133 Å². The van der Waals surface area contributed by atoms with Gasteiger partial charge in [-0.25, -0.2) is 4.79 Å². The number of para-hydroxylation sites is 1. The summed E-state index contributed by atoms with van der Waals surface area (Å²) in [6.07, 6.45) is 0. The first-order valence-electron chi connectivity index (χ1n) is 6.91. The van der Waals surface area contributed by atoms with Crippen LogP contribution in [0.15, 0.2) is 36.4 Å². The zero-order valence-electron chi connectivity index (χ0n) is 12.8. The molecule has 0 aliphatic rings. The Morgan fingerprint density at radius 3 is 2.43 bits per heavy atom. The zero-order chi connectivity index (χ0) is 17.0. The van der Waals surface area contributed by atoms with Crippen molar-refractivity contribution in [3.05, 3.63) is 53.1 Å². The van der Waals surface area contributed by atoms with Crippen LogP contribution in [0.25, 0.3) is 0 Å². The van der Waals surface area contributed by atoms with Crippen LogP contribution in [0.4, 0.5) is 5.69 Å². The van der Waals surface area contributed by atoms with Gasteiger partial charge in [0.25, 0.3) is 5.91 Å². The maximum absolute atomic E-state index is 12.0. The van der Waals surface area contributed by atoms with E-state index in [-0.39, 0.29) is 17.9 Å². The quantitative estimate of drug-likeness (QED) is 0.880. The first-order valence-corrected chi connectivity index (χ1v) is 6.91. The van der Waals surface area contributed by atoms with E-state index >= 15 is 0 Å². The number of hydrogen-bond donors (Lipinski definition) is 2. The number of carbonyl (C=O) groups excluding carboxylic acids is 1. The molecule has 0 radical (unpaired) electrons. The van der Waals surface area contributed by atoms with Gasteiger partial charge in [-0.3, -0.25) is 4.79 Å². The highest BCUT2D eigenvalue weighted by Crippen LogP contribution is 2.23. The predicted octanol–water partition coefficient (Wildman–Crippen LogP) is 2.09. The fraction of sp³-hybridized carbons (Fsp3) is 0.176. The van der Waals surface area contributed by atoms with Gasteiger partial charge in [-0.15, -0.1) is 5.75 Å². The molecule has 0 saturated carbocycles. The Kier molecular flexibility index (Phi) is 4.85. The number of carboxylic acid groups (broad SMARTS) is 1. The van der Waals surface area contributed by atoms with Crippen molar-refractivity contribution in [1.82, 2.24) is 0 Å². The van der Waals surface area contributed by atoms with Gasteiger partial charge in [-0.05, 0) is 31.0 Å². The van der Waals surface area contributed by atoms with Gasteiger partial charge in [0.15, 0.2) is 6.61 Å². The van der Waals surface area contributed by atoms with Gasteiger partial charge >= 0.3 is 5.97 Å². The average Bonchev–Trinajstić information content (AvgIpc) is 2.48. The normalized spacial score (nSPS) is 10.2. The maximum atomic E-state index is 12.0. The minimum atomic E-state index is -1.28. The van der Waals surface area contributed by atoms with E-state index in [0.29, 0.717) is 5.75 Å². The molecule has 0 unspecified atom stereocenters. The molecule has 1 amide bonds. The van der Waals surface area contributed by atoms with Crippen molar-refractivity contribution in [3.63, 3.8) is 0 Å². The van der Waals surface area contributed by atoms with Gasteiger partial charge in [0.05, 0.1) is 11.3 Å². The van der Waals surface area contributed by atoms with Crippen molar-refractivity contribution in [2.45, 2.75) is 13.8 Å². The van der Waals surface area contributed by atoms with Gasteiger partial charge in [0.1, 0.15) is 5.75 Å². The van der Waals surface area contributed by atoms with E-state index in [2.05, 4.69) is 5.32 Å². The van der Waals surface area contributed by atoms with Crippen molar-refractivity contribution in [2.75, 3.05) is 11.9 Å². The molecule has 0 fully saturated rings. The van der Waals surface area contributed by atoms with Crippen LogP contribution >= 0.6 is 0 Å². The number of aryl methyl sites for hydroxylation is 2. The number of ether oxygens (including phenoxy) is 1. The van der Waals surface area contributed by atoms with Gasteiger partial charge in [-0.2, -0.15) is 0 Å². The molecule has 0 saturated heterocycles. The fourth-order valence-electron chi connectivity index (χ4n) is 2.16. The van der Waals surface area contributed by atoms with Crippen molar-refractivity contribution in [3.8, 4) is 11.5 Å². The Bertz CT molecular complexity index is 734. The molecule has 0 aliphatic heterocycles. The van der Waals surface area contributed by atoms with Crippen LogP contribution in [-0.2, 0) is 4.79 Å². The number of rotatable bonds is 5. The van der Waals surface area contributed by atoms with E-state index in [1.807, 2.05) is 32.0 Å². The first-order chi connectivity index (χ1) is 10.9. The number of aromatic carboxylic acids is 1. The third-order valence-corrected chi connectivity index (χ3v) is 3.25. The molecule has 0 bridgehead atoms. The number of anilines is 1. The van der Waals surface area contributed by atoms with E-state index in [9.17, 15) is 14.7 Å². The highest BCUT2D eigenvalue weighted by Gasteiger charge is 2.13. The summed E-state index contributed by atoms with van der Waals surface area (Å²) in [5.74, 6) is -1.61. The van der Waals surface area contributed by atoms with Gasteiger partial charge < -0.3 is 20.3 Å². The molecule has 6 nitrogen and oxygen atoms in total. The summed E-state index contributed by atoms with van der Waals surface area (Å²) in [6.45, 7) is 3.48. The second-order valence-electron chi connectivity index (χ2n) is 5.07. The van der Waals surface area contributed by atoms with Crippen molar-refractivity contribution >= 4 is 17.6 Å². The van der Waals surface area contributed by atoms with E-state index in [1.165, 1.54) is 12.1 Å². The summed E-state index contributed by atoms with van der Waals surface area (Å²) < 4.78 is 5.50. The lowest BCUT2D eigenvalue weighted by Crippen LogP contribution is -2.22. The number of hydrogen-bond acceptors (Lipinski definition) is 4. The summed E-state index contributed by atoms with van der Waals surface area (Å²) in [4.78, 5) is 23.1. The summed E-state index contributed by atoms with van der Waals surface area (Å²) in [5.41, 5.74) is 1.62. The standard InChI is InChI=1S/C17H17NO5/c1-10-4-3-5-11(2)16(10)23-9-15(20)18-14-7-6-12(19)8-13(14)17(21)22/h3-8,19H,9H2,1-2H3,(H,18,20)(H,21,22)/p-1. The second kappa shape index (κ2) is 6.83. The lowest BCUT2D eigenvalue weighted by Gasteiger charge is -2.14. The third-order valence-electron chi connectivity index (χ3n) is 3.25. The zero-order valence-corrected chi connectivity index (χ0v) is 12.8. The van der Waals surface area contributed by atoms with Crippen LogP contribution in [0.3, 0.4) is 0 Å². The number of amides is 1. The number of benzene rings is 2. The highest BCUT2D eigenvalue weighted by molar-refractivity contribution is 6.01. The van der Waals surface area contributed by atoms with E-state index in [4.69, 9.17) is 9.84 Å². The molecule has 6 heteroatoms. The van der Waals surface area contributed by atoms with E-state index in [1.54, 1.807) is 0 Å². The lowest BCUT2D eigenvalue weighted by molar-refractivity contribution is -0.268. The summed E-state index contributed by atoms with van der Waals surface area (Å²) in [5, 5.41) is 22.7. The summed E-state index contributed by atoms with van der Waals surface area (Å²) in [7, 11) is 0. The Morgan fingerprint density at radius 1 is 1.17 bits per heavy atom. The van der Waals surface area contributed by atoms with Gasteiger partial charge in [0.2, 0.25) is 0 Å². The summed E-state index contributed by atoms with van der Waals surface area (Å²) in [6, 6.07) is 9.05. The minimum Gasteiger partial charge on any atom is -0.872 e. The molecular weight excluding hydrogens is 298 g/mol. The predicted molar refractivity (Wildman–Crippen MR) is 82.9 cm³/mol. The molecule has 0 atom stereocenters. The van der Waals surface area contributed by atoms with Crippen LogP contribution in [0.1, 0.15) is 21.5 Å². The molecule has 0 aromatic heterocycles. The van der Waals surface area contributed by atoms with E-state index < -0.39 is 17.6 Å². The molecular formula is C17H16NO5-. The molecule has 0 aliphatic carbocycles. The molecule has 120 valence electrons. The molecule has 2 aromatic carbocycles. The maximum Gasteiger partial charge on any atom is 0.337 e. The number of nitrogens with one attached hydrogen (secondary N) is 1. The van der Waals surface area contributed by atoms with Crippen molar-refractivity contribution < 1.29 is 24.5 Å². The van der Waals surface area contributed by atoms with Crippen molar-refractivity contribution in [1.29, 1.82) is 0 Å². The third kappa shape index (κ3) is 4.00. The Morgan fingerprint density at radius 2 is 1.83 bits per heavy atom. The van der Waals surface area contributed by atoms with Crippen LogP contribution in [0.5, 0.6) is 11.5 Å². The molecule has 2 rings (SSSR count). The van der Waals surface area contributed by atoms with Crippen LogP contribution in [-0.4, -0.2) is 23.6 Å². The fourth-order valence-corrected chi connectivity index (χ4v) is 2.16. The van der Waals surface area contributed by atoms with Crippen LogP contribution < -0.4 is 15.2 Å². The minimum absolute atomic E-state index is 0.0622. The topological polar surface area (TPSA) is 98.7 Å². The average molecular weight is 314 g/mol. The van der Waals surface area contributed by atoms with Crippen LogP contribution in [0.2, 0.25) is 0 Å². The Balaban J connectivity index is 2.07. The largest absolute Gasteiger partial charge is 0.872 e. The van der Waals surface area contributed by atoms with Gasteiger partial charge in [0, 0.05) is 0 Å². The SMILES string of the molecule is Cc1cccc(C)c1OCC(=O)Nc1ccc([O-])cc1C(=O)O. The summed E-state index contributed by atoms with van der Waals surface area (Å²) >= 11 is 0. The molecule has 0 spiro atoms. The van der Waals surface area contributed by atoms with Crippen molar-refractivity contribution in [2.24, 2.45) is 0 Å². The smallest absolute Gasteiger partial charge is 0.337 e. The van der Waals surface area contributed by atoms with Gasteiger partial charge in [-0.1, -0.05) is 30.3 Å². The van der Waals surface area contributed by atoms with E-state index in [0.717, 1.165) is 17.2 Å². The highest BCUT2D eigenvalue weighted by atomic mass is 16.5. The molecule has 2 aromatic rings. The lowest BCUT2D eigenvalue weighted by atomic mass is 10.1. The molecule has 2 N–H and O–H groups in total. The monoisotopic (exact) mass is 314 g/mol. The van der Waals surface area contributed by atoms with Crippen LogP contribution in [0, 0.1) is 13.8 Å². The number of carbonyl (C=O) groups is 2. The number of carboxylic acids is 1. The molecule has 0 heterocycles.